The predicted octanol–water partition coefficient (Wildman–Crippen LogP) is 5.91. The molecule has 4 aliphatic carbocycles. The number of ether oxygens (including phenoxy) is 1. The molecule has 4 rings (SSSR count). The fraction of sp³-hybridized carbons (Fsp3) is 0.885. The van der Waals surface area contributed by atoms with E-state index in [9.17, 15) is 9.90 Å². The van der Waals surface area contributed by atoms with Gasteiger partial charge in [-0.15, -0.1) is 0 Å². The first-order chi connectivity index (χ1) is 13.8. The first kappa shape index (κ1) is 21.4. The van der Waals surface area contributed by atoms with E-state index in [1.165, 1.54) is 44.9 Å². The Morgan fingerprint density at radius 3 is 2.72 bits per heavy atom. The molecule has 3 fully saturated rings. The van der Waals surface area contributed by atoms with Crippen LogP contribution in [0.5, 0.6) is 0 Å². The Balaban J connectivity index is 1.47. The third-order valence-electron chi connectivity index (χ3n) is 9.96. The lowest BCUT2D eigenvalue weighted by molar-refractivity contribution is -0.143. The number of fused-ring (bicyclic) bond motifs is 5. The Morgan fingerprint density at radius 2 is 1.97 bits per heavy atom. The lowest BCUT2D eigenvalue weighted by atomic mass is 9.46. The highest BCUT2D eigenvalue weighted by molar-refractivity contribution is 5.69. The third-order valence-corrected chi connectivity index (χ3v) is 9.96. The summed E-state index contributed by atoms with van der Waals surface area (Å²) < 4.78 is 5.16. The highest BCUT2D eigenvalue weighted by Crippen LogP contribution is 2.67. The molecule has 29 heavy (non-hydrogen) atoms. The van der Waals surface area contributed by atoms with Crippen molar-refractivity contribution in [3.05, 3.63) is 11.6 Å². The molecule has 0 aromatic carbocycles. The molecule has 4 aliphatic rings. The molecule has 1 N–H and O–H groups in total. The highest BCUT2D eigenvalue weighted by Gasteiger charge is 2.59. The van der Waals surface area contributed by atoms with E-state index in [0.717, 1.165) is 36.5 Å². The Kier molecular flexibility index (Phi) is 5.92. The van der Waals surface area contributed by atoms with Gasteiger partial charge in [-0.3, -0.25) is 4.79 Å². The zero-order chi connectivity index (χ0) is 20.8. The second kappa shape index (κ2) is 8.02. The number of aliphatic hydroxyl groups is 1. The number of carbonyl (C=O) groups is 1. The molecule has 0 heterocycles. The van der Waals surface area contributed by atoms with Crippen molar-refractivity contribution < 1.29 is 14.6 Å². The summed E-state index contributed by atoms with van der Waals surface area (Å²) in [7, 11) is 0. The largest absolute Gasteiger partial charge is 0.466 e. The average Bonchev–Trinajstić information content (AvgIpc) is 3.04. The molecule has 3 saturated carbocycles. The molecule has 0 unspecified atom stereocenters. The fourth-order valence-corrected chi connectivity index (χ4v) is 8.47. The summed E-state index contributed by atoms with van der Waals surface area (Å²) >= 11 is 0. The Bertz CT molecular complexity index is 654. The standard InChI is InChI=1S/C26H42O3/c1-5-29-24(28)11-6-17(2)21-9-10-22-20-8-7-18-16-19(27)12-14-25(18,3)23(20)13-15-26(21,22)4/h16-17,19-23,27H,5-15H2,1-4H3/t17-,19+,20+,21-,22-,23+,25-,26+/m0/s1. The van der Waals surface area contributed by atoms with Crippen molar-refractivity contribution in [2.75, 3.05) is 6.61 Å². The summed E-state index contributed by atoms with van der Waals surface area (Å²) in [6.07, 6.45) is 13.6. The monoisotopic (exact) mass is 402 g/mol. The van der Waals surface area contributed by atoms with Gasteiger partial charge in [0.25, 0.3) is 0 Å². The van der Waals surface area contributed by atoms with E-state index in [1.807, 2.05) is 6.92 Å². The second-order valence-corrected chi connectivity index (χ2v) is 11.2. The number of carbonyl (C=O) groups excluding carboxylic acids is 1. The van der Waals surface area contributed by atoms with Crippen LogP contribution >= 0.6 is 0 Å². The van der Waals surface area contributed by atoms with Crippen LogP contribution in [0.3, 0.4) is 0 Å². The van der Waals surface area contributed by atoms with E-state index in [1.54, 1.807) is 5.57 Å². The van der Waals surface area contributed by atoms with Gasteiger partial charge in [0.1, 0.15) is 0 Å². The number of hydrogen-bond acceptors (Lipinski definition) is 3. The first-order valence-corrected chi connectivity index (χ1v) is 12.3. The number of esters is 1. The minimum atomic E-state index is -0.209. The molecule has 0 saturated heterocycles. The number of aliphatic hydroxyl groups excluding tert-OH is 1. The molecule has 3 heteroatoms. The van der Waals surface area contributed by atoms with Gasteiger partial charge in [0.15, 0.2) is 0 Å². The van der Waals surface area contributed by atoms with Crippen molar-refractivity contribution in [2.24, 2.45) is 40.4 Å². The molecule has 0 bridgehead atoms. The summed E-state index contributed by atoms with van der Waals surface area (Å²) in [6, 6.07) is 0. The normalized spacial score (nSPS) is 44.9. The van der Waals surface area contributed by atoms with Gasteiger partial charge in [-0.25, -0.2) is 0 Å². The Labute approximate surface area is 177 Å². The van der Waals surface area contributed by atoms with Gasteiger partial charge in [0, 0.05) is 6.42 Å². The number of rotatable bonds is 5. The van der Waals surface area contributed by atoms with Crippen molar-refractivity contribution in [1.82, 2.24) is 0 Å². The average molecular weight is 403 g/mol. The van der Waals surface area contributed by atoms with E-state index >= 15 is 0 Å². The molecule has 8 atom stereocenters. The van der Waals surface area contributed by atoms with Crippen molar-refractivity contribution in [3.8, 4) is 0 Å². The highest BCUT2D eigenvalue weighted by atomic mass is 16.5. The molecule has 3 nitrogen and oxygen atoms in total. The topological polar surface area (TPSA) is 46.5 Å². The zero-order valence-electron chi connectivity index (χ0n) is 19.1. The second-order valence-electron chi connectivity index (χ2n) is 11.2. The Hall–Kier alpha value is -0.830. The van der Waals surface area contributed by atoms with E-state index in [4.69, 9.17) is 4.74 Å². The minimum Gasteiger partial charge on any atom is -0.466 e. The van der Waals surface area contributed by atoms with Crippen LogP contribution in [-0.2, 0) is 9.53 Å². The molecular weight excluding hydrogens is 360 g/mol. The molecule has 164 valence electrons. The maximum absolute atomic E-state index is 11.9. The quantitative estimate of drug-likeness (QED) is 0.459. The molecule has 0 radical (unpaired) electrons. The van der Waals surface area contributed by atoms with Crippen LogP contribution < -0.4 is 0 Å². The summed E-state index contributed by atoms with van der Waals surface area (Å²) in [5.74, 6) is 3.84. The number of allylic oxidation sites excluding steroid dienone is 1. The van der Waals surface area contributed by atoms with Crippen molar-refractivity contribution in [3.63, 3.8) is 0 Å². The maximum atomic E-state index is 11.9. The van der Waals surface area contributed by atoms with Crippen molar-refractivity contribution in [2.45, 2.75) is 98.0 Å². The van der Waals surface area contributed by atoms with E-state index < -0.39 is 0 Å². The molecule has 0 aliphatic heterocycles. The van der Waals surface area contributed by atoms with Crippen LogP contribution in [0.25, 0.3) is 0 Å². The molecule has 0 spiro atoms. The fourth-order valence-electron chi connectivity index (χ4n) is 8.47. The zero-order valence-corrected chi connectivity index (χ0v) is 19.1. The van der Waals surface area contributed by atoms with Gasteiger partial charge in [-0.1, -0.05) is 32.4 Å². The van der Waals surface area contributed by atoms with Crippen LogP contribution in [0.4, 0.5) is 0 Å². The molecule has 0 aromatic heterocycles. The van der Waals surface area contributed by atoms with Crippen LogP contribution in [0, 0.1) is 40.4 Å². The van der Waals surface area contributed by atoms with Crippen molar-refractivity contribution in [1.29, 1.82) is 0 Å². The SMILES string of the molecule is CCOC(=O)CC[C@H](C)[C@@H]1CC[C@H]2[C@H]3CCC4=C[C@H](O)CC[C@]4(C)[C@@H]3CC[C@@]21C. The predicted molar refractivity (Wildman–Crippen MR) is 116 cm³/mol. The summed E-state index contributed by atoms with van der Waals surface area (Å²) in [5, 5.41) is 10.2. The van der Waals surface area contributed by atoms with Crippen LogP contribution in [0.2, 0.25) is 0 Å². The summed E-state index contributed by atoms with van der Waals surface area (Å²) in [4.78, 5) is 11.9. The van der Waals surface area contributed by atoms with Crippen LogP contribution in [-0.4, -0.2) is 23.8 Å². The van der Waals surface area contributed by atoms with E-state index in [2.05, 4.69) is 26.8 Å². The summed E-state index contributed by atoms with van der Waals surface area (Å²) in [5.41, 5.74) is 2.34. The van der Waals surface area contributed by atoms with Gasteiger partial charge < -0.3 is 9.84 Å². The minimum absolute atomic E-state index is 0.0261. The summed E-state index contributed by atoms with van der Waals surface area (Å²) in [6.45, 7) is 9.87. The number of hydrogen-bond donors (Lipinski definition) is 1. The van der Waals surface area contributed by atoms with E-state index in [-0.39, 0.29) is 12.1 Å². The maximum Gasteiger partial charge on any atom is 0.305 e. The van der Waals surface area contributed by atoms with Gasteiger partial charge in [0.05, 0.1) is 12.7 Å². The molecule has 0 aromatic rings. The van der Waals surface area contributed by atoms with Gasteiger partial charge in [0.2, 0.25) is 0 Å². The Morgan fingerprint density at radius 1 is 1.17 bits per heavy atom. The van der Waals surface area contributed by atoms with Crippen LogP contribution in [0.1, 0.15) is 91.9 Å². The van der Waals surface area contributed by atoms with Gasteiger partial charge in [-0.05, 0) is 105 Å². The first-order valence-electron chi connectivity index (χ1n) is 12.3. The molecule has 0 amide bonds. The third kappa shape index (κ3) is 3.60. The van der Waals surface area contributed by atoms with Crippen LogP contribution in [0.15, 0.2) is 11.6 Å². The van der Waals surface area contributed by atoms with Gasteiger partial charge in [-0.2, -0.15) is 0 Å². The smallest absolute Gasteiger partial charge is 0.305 e. The van der Waals surface area contributed by atoms with Crippen molar-refractivity contribution >= 4 is 5.97 Å². The lowest BCUT2D eigenvalue weighted by Crippen LogP contribution is -2.51. The lowest BCUT2D eigenvalue weighted by Gasteiger charge is -2.59. The van der Waals surface area contributed by atoms with Gasteiger partial charge >= 0.3 is 5.97 Å². The molecular formula is C26H42O3. The van der Waals surface area contributed by atoms with E-state index in [0.29, 0.717) is 29.8 Å².